The summed E-state index contributed by atoms with van der Waals surface area (Å²) in [6.07, 6.45) is 3.45. The fourth-order valence-corrected chi connectivity index (χ4v) is 2.07. The molecule has 0 amide bonds. The van der Waals surface area contributed by atoms with Crippen molar-refractivity contribution in [3.8, 4) is 0 Å². The van der Waals surface area contributed by atoms with Crippen molar-refractivity contribution in [1.29, 1.82) is 0 Å². The van der Waals surface area contributed by atoms with Gasteiger partial charge >= 0.3 is 0 Å². The van der Waals surface area contributed by atoms with Crippen LogP contribution in [0.1, 0.15) is 0 Å². The molecule has 5 nitrogen and oxygen atoms in total. The number of nitro benzene ring substituents is 1. The molecule has 0 aliphatic carbocycles. The molecule has 0 saturated carbocycles. The maximum absolute atomic E-state index is 10.5. The largest absolute Gasteiger partial charge is 0.269 e. The van der Waals surface area contributed by atoms with Crippen LogP contribution in [0.2, 0.25) is 0 Å². The van der Waals surface area contributed by atoms with Gasteiger partial charge in [-0.1, -0.05) is 0 Å². The number of hydrogen-bond acceptors (Lipinski definition) is 5. The van der Waals surface area contributed by atoms with E-state index in [1.165, 1.54) is 23.9 Å². The zero-order valence-electron chi connectivity index (χ0n) is 8.41. The van der Waals surface area contributed by atoms with E-state index in [1.54, 1.807) is 24.5 Å². The van der Waals surface area contributed by atoms with E-state index in [0.29, 0.717) is 5.16 Å². The van der Waals surface area contributed by atoms with Gasteiger partial charge in [0.2, 0.25) is 0 Å². The first-order chi connectivity index (χ1) is 8.15. The zero-order valence-corrected chi connectivity index (χ0v) is 11.4. The third-order valence-electron chi connectivity index (χ3n) is 1.85. The molecule has 0 aliphatic rings. The maximum Gasteiger partial charge on any atom is 0.269 e. The summed E-state index contributed by atoms with van der Waals surface area (Å²) in [4.78, 5) is 19.2. The molecule has 0 radical (unpaired) electrons. The lowest BCUT2D eigenvalue weighted by Crippen LogP contribution is -1.88. The van der Waals surface area contributed by atoms with Crippen LogP contribution in [0.5, 0.6) is 0 Å². The molecule has 0 saturated heterocycles. The van der Waals surface area contributed by atoms with Crippen molar-refractivity contribution in [1.82, 2.24) is 9.97 Å². The second kappa shape index (κ2) is 5.41. The molecule has 2 rings (SSSR count). The molecule has 17 heavy (non-hydrogen) atoms. The highest BCUT2D eigenvalue weighted by atomic mass is 127. The Balaban J connectivity index is 2.13. The van der Waals surface area contributed by atoms with Crippen molar-refractivity contribution in [2.75, 3.05) is 0 Å². The summed E-state index contributed by atoms with van der Waals surface area (Å²) in [5.41, 5.74) is 0.0814. The topological polar surface area (TPSA) is 68.9 Å². The minimum absolute atomic E-state index is 0.0814. The predicted molar refractivity (Wildman–Crippen MR) is 72.0 cm³/mol. The first kappa shape index (κ1) is 12.2. The molecular formula is C10H6IN3O2S. The van der Waals surface area contributed by atoms with Gasteiger partial charge in [0.1, 0.15) is 0 Å². The van der Waals surface area contributed by atoms with Gasteiger partial charge in [-0.25, -0.2) is 9.97 Å². The third-order valence-corrected chi connectivity index (χ3v) is 3.31. The van der Waals surface area contributed by atoms with Gasteiger partial charge in [0.05, 0.1) is 4.92 Å². The summed E-state index contributed by atoms with van der Waals surface area (Å²) < 4.78 is 0.968. The fourth-order valence-electron chi connectivity index (χ4n) is 1.09. The quantitative estimate of drug-likeness (QED) is 0.365. The third kappa shape index (κ3) is 3.37. The Morgan fingerprint density at radius 3 is 2.29 bits per heavy atom. The first-order valence-electron chi connectivity index (χ1n) is 4.55. The molecule has 0 aliphatic heterocycles. The number of aromatic nitrogens is 2. The molecular weight excluding hydrogens is 353 g/mol. The number of benzene rings is 1. The van der Waals surface area contributed by atoms with E-state index < -0.39 is 4.92 Å². The lowest BCUT2D eigenvalue weighted by molar-refractivity contribution is -0.384. The van der Waals surface area contributed by atoms with E-state index >= 15 is 0 Å². The fraction of sp³-hybridized carbons (Fsp3) is 0. The monoisotopic (exact) mass is 359 g/mol. The van der Waals surface area contributed by atoms with Crippen molar-refractivity contribution >= 4 is 40.0 Å². The van der Waals surface area contributed by atoms with Gasteiger partial charge in [-0.3, -0.25) is 10.1 Å². The second-order valence-electron chi connectivity index (χ2n) is 3.04. The van der Waals surface area contributed by atoms with Crippen LogP contribution in [0.15, 0.2) is 46.7 Å². The number of non-ortho nitro benzene ring substituents is 1. The van der Waals surface area contributed by atoms with Crippen LogP contribution in [0.25, 0.3) is 0 Å². The standard InChI is InChI=1S/C10H6IN3O2S/c11-7-5-12-10(13-6-7)17-9-3-1-8(2-4-9)14(15)16/h1-6H. The van der Waals surface area contributed by atoms with E-state index in [0.717, 1.165) is 8.47 Å². The Hall–Kier alpha value is -1.22. The summed E-state index contributed by atoms with van der Waals surface area (Å²) in [6.45, 7) is 0. The van der Waals surface area contributed by atoms with Gasteiger partial charge in [-0.05, 0) is 46.5 Å². The van der Waals surface area contributed by atoms with Crippen molar-refractivity contribution in [2.45, 2.75) is 10.1 Å². The summed E-state index contributed by atoms with van der Waals surface area (Å²) in [5.74, 6) is 0. The molecule has 0 N–H and O–H groups in total. The minimum atomic E-state index is -0.421. The van der Waals surface area contributed by atoms with E-state index in [-0.39, 0.29) is 5.69 Å². The molecule has 0 fully saturated rings. The second-order valence-corrected chi connectivity index (χ2v) is 5.32. The number of nitro groups is 1. The molecule has 0 atom stereocenters. The summed E-state index contributed by atoms with van der Waals surface area (Å²) in [5, 5.41) is 11.1. The number of hydrogen-bond donors (Lipinski definition) is 0. The van der Waals surface area contributed by atoms with Gasteiger partial charge < -0.3 is 0 Å². The van der Waals surface area contributed by atoms with Crippen LogP contribution in [0.3, 0.4) is 0 Å². The molecule has 86 valence electrons. The lowest BCUT2D eigenvalue weighted by atomic mass is 10.3. The first-order valence-corrected chi connectivity index (χ1v) is 6.44. The van der Waals surface area contributed by atoms with Crippen molar-refractivity contribution < 1.29 is 4.92 Å². The Labute approximate surface area is 115 Å². The molecule has 7 heteroatoms. The number of halogens is 1. The van der Waals surface area contributed by atoms with Gasteiger partial charge in [-0.15, -0.1) is 0 Å². The smallest absolute Gasteiger partial charge is 0.258 e. The minimum Gasteiger partial charge on any atom is -0.258 e. The van der Waals surface area contributed by atoms with Gasteiger partial charge in [0.25, 0.3) is 5.69 Å². The van der Waals surface area contributed by atoms with E-state index in [1.807, 2.05) is 0 Å². The van der Waals surface area contributed by atoms with Gasteiger partial charge in [-0.2, -0.15) is 0 Å². The Kier molecular flexibility index (Phi) is 3.89. The average molecular weight is 359 g/mol. The highest BCUT2D eigenvalue weighted by molar-refractivity contribution is 14.1. The molecule has 2 aromatic rings. The highest BCUT2D eigenvalue weighted by Gasteiger charge is 2.05. The van der Waals surface area contributed by atoms with Crippen molar-refractivity contribution in [3.63, 3.8) is 0 Å². The van der Waals surface area contributed by atoms with E-state index in [9.17, 15) is 10.1 Å². The van der Waals surface area contributed by atoms with Crippen molar-refractivity contribution in [3.05, 3.63) is 50.3 Å². The van der Waals surface area contributed by atoms with E-state index in [4.69, 9.17) is 0 Å². The summed E-state index contributed by atoms with van der Waals surface area (Å²) >= 11 is 3.50. The number of nitrogens with zero attached hydrogens (tertiary/aromatic N) is 3. The Bertz CT molecular complexity index is 530. The molecule has 0 unspecified atom stereocenters. The molecule has 1 aromatic carbocycles. The van der Waals surface area contributed by atoms with Crippen LogP contribution < -0.4 is 0 Å². The lowest BCUT2D eigenvalue weighted by Gasteiger charge is -1.99. The molecule has 0 spiro atoms. The van der Waals surface area contributed by atoms with Crippen LogP contribution in [-0.4, -0.2) is 14.9 Å². The SMILES string of the molecule is O=[N+]([O-])c1ccc(Sc2ncc(I)cn2)cc1. The number of rotatable bonds is 3. The Morgan fingerprint density at radius 1 is 1.18 bits per heavy atom. The van der Waals surface area contributed by atoms with E-state index in [2.05, 4.69) is 32.6 Å². The summed E-state index contributed by atoms with van der Waals surface area (Å²) in [7, 11) is 0. The van der Waals surface area contributed by atoms with Crippen molar-refractivity contribution in [2.24, 2.45) is 0 Å². The van der Waals surface area contributed by atoms with Crippen LogP contribution in [0.4, 0.5) is 5.69 Å². The van der Waals surface area contributed by atoms with Gasteiger partial charge in [0, 0.05) is 33.0 Å². The zero-order chi connectivity index (χ0) is 12.3. The highest BCUT2D eigenvalue weighted by Crippen LogP contribution is 2.26. The average Bonchev–Trinajstić information content (AvgIpc) is 2.33. The van der Waals surface area contributed by atoms with Gasteiger partial charge in [0.15, 0.2) is 5.16 Å². The summed E-state index contributed by atoms with van der Waals surface area (Å²) in [6, 6.07) is 6.30. The molecule has 1 aromatic heterocycles. The predicted octanol–water partition coefficient (Wildman–Crippen LogP) is 3.14. The Morgan fingerprint density at radius 2 is 1.76 bits per heavy atom. The maximum atomic E-state index is 10.5. The normalized spacial score (nSPS) is 10.2. The van der Waals surface area contributed by atoms with Crippen LogP contribution in [-0.2, 0) is 0 Å². The molecule has 1 heterocycles. The molecule has 0 bridgehead atoms. The van der Waals surface area contributed by atoms with Crippen LogP contribution >= 0.6 is 34.4 Å². The van der Waals surface area contributed by atoms with Crippen LogP contribution in [0, 0.1) is 13.7 Å².